The lowest BCUT2D eigenvalue weighted by atomic mass is 10.2. The number of allylic oxidation sites excluding steroid dienone is 2. The minimum absolute atomic E-state index is 0.172. The van der Waals surface area contributed by atoms with E-state index in [0.717, 1.165) is 0 Å². The summed E-state index contributed by atoms with van der Waals surface area (Å²) in [7, 11) is 1.29. The number of hydrogen-bond acceptors (Lipinski definition) is 6. The van der Waals surface area contributed by atoms with Crippen LogP contribution in [0.2, 0.25) is 0 Å². The lowest BCUT2D eigenvalue weighted by molar-refractivity contribution is -0.140. The number of benzene rings is 1. The SMILES string of the molecule is CCOc1ccc(N2C(=O)C(=CC=Cc3ccco3)N(CC(=O)OC)C2=S)cc1. The predicted molar refractivity (Wildman–Crippen MR) is 112 cm³/mol. The Labute approximate surface area is 173 Å². The summed E-state index contributed by atoms with van der Waals surface area (Å²) in [6, 6.07) is 10.6. The van der Waals surface area contributed by atoms with Gasteiger partial charge in [-0.25, -0.2) is 0 Å². The van der Waals surface area contributed by atoms with E-state index in [0.29, 0.717) is 23.8 Å². The highest BCUT2D eigenvalue weighted by Gasteiger charge is 2.39. The first-order chi connectivity index (χ1) is 14.0. The molecule has 0 atom stereocenters. The van der Waals surface area contributed by atoms with E-state index in [-0.39, 0.29) is 23.3 Å². The zero-order valence-corrected chi connectivity index (χ0v) is 16.8. The fourth-order valence-corrected chi connectivity index (χ4v) is 3.11. The molecule has 7 nitrogen and oxygen atoms in total. The molecule has 0 unspecified atom stereocenters. The summed E-state index contributed by atoms with van der Waals surface area (Å²) in [4.78, 5) is 27.8. The summed E-state index contributed by atoms with van der Waals surface area (Å²) in [6.45, 7) is 2.27. The minimum atomic E-state index is -0.505. The van der Waals surface area contributed by atoms with Gasteiger partial charge in [0.25, 0.3) is 5.91 Å². The first-order valence-corrected chi connectivity index (χ1v) is 9.33. The Morgan fingerprint density at radius 3 is 2.62 bits per heavy atom. The Kier molecular flexibility index (Phi) is 6.46. The highest BCUT2D eigenvalue weighted by atomic mass is 32.1. The van der Waals surface area contributed by atoms with Gasteiger partial charge < -0.3 is 18.8 Å². The number of thiocarbonyl (C=S) groups is 1. The minimum Gasteiger partial charge on any atom is -0.494 e. The van der Waals surface area contributed by atoms with Crippen LogP contribution in [0.5, 0.6) is 5.75 Å². The second-order valence-corrected chi connectivity index (χ2v) is 6.30. The molecule has 1 aromatic heterocycles. The number of ether oxygens (including phenoxy) is 2. The Morgan fingerprint density at radius 2 is 2.00 bits per heavy atom. The van der Waals surface area contributed by atoms with Gasteiger partial charge in [0.15, 0.2) is 5.11 Å². The third-order valence-corrected chi connectivity index (χ3v) is 4.52. The van der Waals surface area contributed by atoms with Crippen molar-refractivity contribution in [2.24, 2.45) is 0 Å². The molecule has 1 aromatic carbocycles. The molecule has 1 aliphatic rings. The maximum Gasteiger partial charge on any atom is 0.325 e. The van der Waals surface area contributed by atoms with Crippen molar-refractivity contribution >= 4 is 41.0 Å². The summed E-state index contributed by atoms with van der Waals surface area (Å²) in [6.07, 6.45) is 6.52. The molecule has 1 saturated heterocycles. The number of amides is 1. The van der Waals surface area contributed by atoms with Crippen LogP contribution in [0.1, 0.15) is 12.7 Å². The van der Waals surface area contributed by atoms with Crippen molar-refractivity contribution in [3.8, 4) is 5.75 Å². The fraction of sp³-hybridized carbons (Fsp3) is 0.190. The van der Waals surface area contributed by atoms with Gasteiger partial charge in [-0.1, -0.05) is 6.08 Å². The third-order valence-electron chi connectivity index (χ3n) is 4.11. The molecule has 1 fully saturated rings. The molecule has 1 aliphatic heterocycles. The number of esters is 1. The lowest BCUT2D eigenvalue weighted by Crippen LogP contribution is -2.35. The second-order valence-electron chi connectivity index (χ2n) is 5.94. The number of nitrogens with zero attached hydrogens (tertiary/aromatic N) is 2. The van der Waals surface area contributed by atoms with E-state index in [9.17, 15) is 9.59 Å². The van der Waals surface area contributed by atoms with Gasteiger partial charge in [-0.15, -0.1) is 0 Å². The first kappa shape index (κ1) is 20.3. The largest absolute Gasteiger partial charge is 0.494 e. The summed E-state index contributed by atoms with van der Waals surface area (Å²) in [5, 5.41) is 0.196. The maximum absolute atomic E-state index is 13.1. The number of carbonyl (C=O) groups is 2. The number of hydrogen-bond donors (Lipinski definition) is 0. The zero-order chi connectivity index (χ0) is 20.8. The smallest absolute Gasteiger partial charge is 0.325 e. The standard InChI is InChI=1S/C21H20N2O5S/c1-3-27-17-11-9-15(10-12-17)23-20(25)18(8-4-6-16-7-5-13-28-16)22(21(23)29)14-19(24)26-2/h4-13H,3,14H2,1-2H3. The van der Waals surface area contributed by atoms with Crippen LogP contribution in [0.15, 0.2) is 64.9 Å². The van der Waals surface area contributed by atoms with E-state index in [1.54, 1.807) is 60.9 Å². The Bertz CT molecular complexity index is 948. The van der Waals surface area contributed by atoms with Crippen molar-refractivity contribution < 1.29 is 23.5 Å². The lowest BCUT2D eigenvalue weighted by Gasteiger charge is -2.19. The van der Waals surface area contributed by atoms with Gasteiger partial charge in [-0.3, -0.25) is 14.5 Å². The molecule has 0 bridgehead atoms. The number of carbonyl (C=O) groups excluding carboxylic acids is 2. The van der Waals surface area contributed by atoms with E-state index in [1.165, 1.54) is 16.9 Å². The van der Waals surface area contributed by atoms with E-state index in [2.05, 4.69) is 0 Å². The van der Waals surface area contributed by atoms with Crippen LogP contribution in [0.25, 0.3) is 6.08 Å². The molecule has 8 heteroatoms. The highest BCUT2D eigenvalue weighted by molar-refractivity contribution is 7.80. The topological polar surface area (TPSA) is 72.2 Å². The van der Waals surface area contributed by atoms with Crippen LogP contribution in [0.4, 0.5) is 5.69 Å². The monoisotopic (exact) mass is 412 g/mol. The predicted octanol–water partition coefficient (Wildman–Crippen LogP) is 3.38. The number of anilines is 1. The summed E-state index contributed by atoms with van der Waals surface area (Å²) in [5.74, 6) is 0.483. The molecule has 1 amide bonds. The molecule has 0 N–H and O–H groups in total. The molecule has 150 valence electrons. The van der Waals surface area contributed by atoms with E-state index >= 15 is 0 Å². The Morgan fingerprint density at radius 1 is 1.24 bits per heavy atom. The van der Waals surface area contributed by atoms with Crippen molar-refractivity contribution in [3.63, 3.8) is 0 Å². The molecule has 0 saturated carbocycles. The Balaban J connectivity index is 1.91. The van der Waals surface area contributed by atoms with Gasteiger partial charge in [0.05, 0.1) is 25.7 Å². The van der Waals surface area contributed by atoms with E-state index in [1.807, 2.05) is 6.92 Å². The number of methoxy groups -OCH3 is 1. The summed E-state index contributed by atoms with van der Waals surface area (Å²) < 4.78 is 15.4. The van der Waals surface area contributed by atoms with Gasteiger partial charge in [-0.2, -0.15) is 0 Å². The zero-order valence-electron chi connectivity index (χ0n) is 16.0. The average molecular weight is 412 g/mol. The van der Waals surface area contributed by atoms with Gasteiger partial charge in [0, 0.05) is 0 Å². The van der Waals surface area contributed by atoms with E-state index < -0.39 is 5.97 Å². The first-order valence-electron chi connectivity index (χ1n) is 8.92. The van der Waals surface area contributed by atoms with E-state index in [4.69, 9.17) is 26.1 Å². The van der Waals surface area contributed by atoms with Crippen molar-refractivity contribution in [2.75, 3.05) is 25.2 Å². The Hall–Kier alpha value is -3.39. The van der Waals surface area contributed by atoms with Gasteiger partial charge in [0.1, 0.15) is 23.8 Å². The summed E-state index contributed by atoms with van der Waals surface area (Å²) >= 11 is 5.49. The molecular formula is C21H20N2O5S. The summed E-state index contributed by atoms with van der Waals surface area (Å²) in [5.41, 5.74) is 0.842. The van der Waals surface area contributed by atoms with Crippen LogP contribution in [-0.4, -0.2) is 42.2 Å². The van der Waals surface area contributed by atoms with Crippen molar-refractivity contribution in [2.45, 2.75) is 6.92 Å². The van der Waals surface area contributed by atoms with Crippen molar-refractivity contribution in [1.29, 1.82) is 0 Å². The quantitative estimate of drug-likeness (QED) is 0.392. The molecule has 0 spiro atoms. The average Bonchev–Trinajstić information content (AvgIpc) is 3.31. The molecule has 3 rings (SSSR count). The van der Waals surface area contributed by atoms with Gasteiger partial charge >= 0.3 is 5.97 Å². The van der Waals surface area contributed by atoms with Gasteiger partial charge in [0.2, 0.25) is 0 Å². The van der Waals surface area contributed by atoms with Crippen LogP contribution >= 0.6 is 12.2 Å². The van der Waals surface area contributed by atoms with Crippen LogP contribution in [-0.2, 0) is 14.3 Å². The third kappa shape index (κ3) is 4.55. The molecule has 2 heterocycles. The van der Waals surface area contributed by atoms with Crippen LogP contribution in [0.3, 0.4) is 0 Å². The number of furan rings is 1. The maximum atomic E-state index is 13.1. The molecule has 0 radical (unpaired) electrons. The fourth-order valence-electron chi connectivity index (χ4n) is 2.75. The van der Waals surface area contributed by atoms with Crippen LogP contribution in [0, 0.1) is 0 Å². The molecule has 29 heavy (non-hydrogen) atoms. The highest BCUT2D eigenvalue weighted by Crippen LogP contribution is 2.29. The molecular weight excluding hydrogens is 392 g/mol. The van der Waals surface area contributed by atoms with Crippen LogP contribution < -0.4 is 9.64 Å². The van der Waals surface area contributed by atoms with Gasteiger partial charge in [-0.05, 0) is 67.7 Å². The molecule has 2 aromatic rings. The van der Waals surface area contributed by atoms with Crippen molar-refractivity contribution in [1.82, 2.24) is 4.90 Å². The second kappa shape index (κ2) is 9.20. The normalized spacial score (nSPS) is 15.6. The molecule has 0 aliphatic carbocycles. The van der Waals surface area contributed by atoms with Crippen molar-refractivity contribution in [3.05, 3.63) is 66.3 Å². The number of rotatable bonds is 7.